The molecule has 0 radical (unpaired) electrons. The van der Waals surface area contributed by atoms with Crippen molar-refractivity contribution in [2.45, 2.75) is 36.6 Å². The van der Waals surface area contributed by atoms with Gasteiger partial charge >= 0.3 is 5.97 Å². The predicted molar refractivity (Wildman–Crippen MR) is 85.2 cm³/mol. The summed E-state index contributed by atoms with van der Waals surface area (Å²) in [6.45, 7) is 0. The molecule has 1 saturated carbocycles. The molecule has 5 nitrogen and oxygen atoms in total. The Labute approximate surface area is 143 Å². The summed E-state index contributed by atoms with van der Waals surface area (Å²) in [5.74, 6) is -1.26. The summed E-state index contributed by atoms with van der Waals surface area (Å²) in [5, 5.41) is 9.09. The van der Waals surface area contributed by atoms with E-state index < -0.39 is 21.9 Å². The van der Waals surface area contributed by atoms with Gasteiger partial charge in [0.2, 0.25) is 10.0 Å². The number of rotatable bonds is 4. The SMILES string of the molecule is O=C(O)C1CCC(NS(=O)(=O)c2c(Cl)cc(Cl)cc2Cl)CC1. The van der Waals surface area contributed by atoms with Crippen LogP contribution in [-0.2, 0) is 14.8 Å². The fraction of sp³-hybridized carbons (Fsp3) is 0.462. The number of hydrogen-bond acceptors (Lipinski definition) is 3. The molecule has 0 unspecified atom stereocenters. The summed E-state index contributed by atoms with van der Waals surface area (Å²) >= 11 is 17.6. The van der Waals surface area contributed by atoms with E-state index in [-0.39, 0.29) is 26.0 Å². The van der Waals surface area contributed by atoms with Crippen LogP contribution >= 0.6 is 34.8 Å². The lowest BCUT2D eigenvalue weighted by Gasteiger charge is -2.26. The summed E-state index contributed by atoms with van der Waals surface area (Å²) in [6, 6.07) is 2.29. The van der Waals surface area contributed by atoms with Gasteiger partial charge in [-0.25, -0.2) is 13.1 Å². The topological polar surface area (TPSA) is 83.5 Å². The molecule has 1 aliphatic rings. The van der Waals surface area contributed by atoms with Gasteiger partial charge in [0.25, 0.3) is 0 Å². The van der Waals surface area contributed by atoms with Gasteiger partial charge in [0.05, 0.1) is 16.0 Å². The van der Waals surface area contributed by atoms with E-state index >= 15 is 0 Å². The largest absolute Gasteiger partial charge is 0.481 e. The smallest absolute Gasteiger partial charge is 0.306 e. The highest BCUT2D eigenvalue weighted by atomic mass is 35.5. The maximum Gasteiger partial charge on any atom is 0.306 e. The second-order valence-electron chi connectivity index (χ2n) is 5.21. The zero-order valence-corrected chi connectivity index (χ0v) is 14.4. The number of carboxylic acid groups (broad SMARTS) is 1. The number of hydrogen-bond donors (Lipinski definition) is 2. The molecule has 22 heavy (non-hydrogen) atoms. The first-order valence-corrected chi connectivity index (χ1v) is 9.22. The highest BCUT2D eigenvalue weighted by Gasteiger charge is 2.30. The van der Waals surface area contributed by atoms with E-state index in [0.29, 0.717) is 25.7 Å². The third-order valence-corrected chi connectivity index (χ3v) is 6.29. The molecule has 0 aromatic heterocycles. The van der Waals surface area contributed by atoms with Crippen LogP contribution in [0.1, 0.15) is 25.7 Å². The minimum Gasteiger partial charge on any atom is -0.481 e. The van der Waals surface area contributed by atoms with Crippen LogP contribution in [0.4, 0.5) is 0 Å². The summed E-state index contributed by atoms with van der Waals surface area (Å²) in [7, 11) is -3.90. The Hall–Kier alpha value is -0.530. The first-order chi connectivity index (χ1) is 10.2. The molecule has 1 aromatic carbocycles. The molecule has 0 atom stereocenters. The standard InChI is InChI=1S/C13H14Cl3NO4S/c14-8-5-10(15)12(11(16)6-8)22(20,21)17-9-3-1-7(2-4-9)13(18)19/h5-7,9,17H,1-4H2,(H,18,19). The number of nitrogens with one attached hydrogen (secondary N) is 1. The minimum absolute atomic E-state index is 0.0516. The second kappa shape index (κ2) is 6.93. The number of aliphatic carboxylic acids is 1. The molecule has 1 aliphatic carbocycles. The van der Waals surface area contributed by atoms with Crippen molar-refractivity contribution in [2.24, 2.45) is 5.92 Å². The van der Waals surface area contributed by atoms with E-state index in [2.05, 4.69) is 4.72 Å². The summed E-state index contributed by atoms with van der Waals surface area (Å²) in [4.78, 5) is 10.7. The van der Waals surface area contributed by atoms with Crippen molar-refractivity contribution in [1.82, 2.24) is 4.72 Å². The van der Waals surface area contributed by atoms with Gasteiger partial charge in [-0.2, -0.15) is 0 Å². The molecule has 0 amide bonds. The van der Waals surface area contributed by atoms with Gasteiger partial charge in [-0.1, -0.05) is 34.8 Å². The van der Waals surface area contributed by atoms with Gasteiger partial charge in [-0.3, -0.25) is 4.79 Å². The molecule has 122 valence electrons. The quantitative estimate of drug-likeness (QED) is 0.828. The number of carboxylic acids is 1. The molecule has 1 aromatic rings. The van der Waals surface area contributed by atoms with Gasteiger partial charge in [-0.15, -0.1) is 0 Å². The van der Waals surface area contributed by atoms with Gasteiger partial charge in [0.1, 0.15) is 4.90 Å². The van der Waals surface area contributed by atoms with E-state index in [0.717, 1.165) is 0 Å². The molecular weight excluding hydrogens is 373 g/mol. The third kappa shape index (κ3) is 4.06. The average Bonchev–Trinajstić information content (AvgIpc) is 2.36. The molecule has 1 fully saturated rings. The van der Waals surface area contributed by atoms with E-state index in [1.807, 2.05) is 0 Å². The zero-order chi connectivity index (χ0) is 16.5. The molecule has 9 heteroatoms. The van der Waals surface area contributed by atoms with Gasteiger partial charge in [0, 0.05) is 11.1 Å². The van der Waals surface area contributed by atoms with Crippen LogP contribution in [0.2, 0.25) is 15.1 Å². The maximum absolute atomic E-state index is 12.4. The highest BCUT2D eigenvalue weighted by Crippen LogP contribution is 2.33. The minimum atomic E-state index is -3.90. The van der Waals surface area contributed by atoms with E-state index in [1.165, 1.54) is 12.1 Å². The van der Waals surface area contributed by atoms with E-state index in [9.17, 15) is 13.2 Å². The van der Waals surface area contributed by atoms with Gasteiger partial charge in [0.15, 0.2) is 0 Å². The molecule has 2 N–H and O–H groups in total. The van der Waals surface area contributed by atoms with Crippen LogP contribution in [0.25, 0.3) is 0 Å². The van der Waals surface area contributed by atoms with Crippen molar-refractivity contribution in [1.29, 1.82) is 0 Å². The normalized spacial score (nSPS) is 22.5. The van der Waals surface area contributed by atoms with Crippen molar-refractivity contribution in [3.8, 4) is 0 Å². The van der Waals surface area contributed by atoms with Crippen molar-refractivity contribution < 1.29 is 18.3 Å². The van der Waals surface area contributed by atoms with Crippen LogP contribution in [0.5, 0.6) is 0 Å². The maximum atomic E-state index is 12.4. The van der Waals surface area contributed by atoms with Crippen molar-refractivity contribution >= 4 is 50.8 Å². The van der Waals surface area contributed by atoms with Crippen LogP contribution in [-0.4, -0.2) is 25.5 Å². The van der Waals surface area contributed by atoms with Crippen molar-refractivity contribution in [2.75, 3.05) is 0 Å². The van der Waals surface area contributed by atoms with Gasteiger partial charge in [-0.05, 0) is 37.8 Å². The fourth-order valence-electron chi connectivity index (χ4n) is 2.52. The van der Waals surface area contributed by atoms with Crippen LogP contribution in [0.3, 0.4) is 0 Å². The Morgan fingerprint density at radius 2 is 1.59 bits per heavy atom. The Morgan fingerprint density at radius 1 is 1.09 bits per heavy atom. The summed E-state index contributed by atoms with van der Waals surface area (Å²) in [6.07, 6.45) is 1.78. The number of sulfonamides is 1. The fourth-order valence-corrected chi connectivity index (χ4v) is 5.37. The predicted octanol–water partition coefficient (Wildman–Crippen LogP) is 3.57. The lowest BCUT2D eigenvalue weighted by Crippen LogP contribution is -2.38. The zero-order valence-electron chi connectivity index (χ0n) is 11.4. The molecular formula is C13H14Cl3NO4S. The molecule has 0 aliphatic heterocycles. The Balaban J connectivity index is 2.15. The molecule has 0 bridgehead atoms. The van der Waals surface area contributed by atoms with Crippen LogP contribution in [0, 0.1) is 5.92 Å². The number of halogens is 3. The third-order valence-electron chi connectivity index (χ3n) is 3.63. The van der Waals surface area contributed by atoms with Crippen LogP contribution in [0.15, 0.2) is 17.0 Å². The Bertz CT molecular complexity index is 662. The summed E-state index contributed by atoms with van der Waals surface area (Å²) in [5.41, 5.74) is 0. The average molecular weight is 387 g/mol. The monoisotopic (exact) mass is 385 g/mol. The van der Waals surface area contributed by atoms with Gasteiger partial charge < -0.3 is 5.11 Å². The molecule has 0 spiro atoms. The second-order valence-corrected chi connectivity index (χ2v) is 8.11. The molecule has 0 heterocycles. The Kier molecular flexibility index (Phi) is 5.61. The lowest BCUT2D eigenvalue weighted by molar-refractivity contribution is -0.142. The van der Waals surface area contributed by atoms with E-state index in [1.54, 1.807) is 0 Å². The number of carbonyl (C=O) groups is 1. The number of benzene rings is 1. The van der Waals surface area contributed by atoms with E-state index in [4.69, 9.17) is 39.9 Å². The van der Waals surface area contributed by atoms with Crippen LogP contribution < -0.4 is 4.72 Å². The Morgan fingerprint density at radius 3 is 2.05 bits per heavy atom. The first kappa shape index (κ1) is 17.8. The molecule has 0 saturated heterocycles. The molecule has 2 rings (SSSR count). The first-order valence-electron chi connectivity index (χ1n) is 6.60. The van der Waals surface area contributed by atoms with Crippen molar-refractivity contribution in [3.63, 3.8) is 0 Å². The van der Waals surface area contributed by atoms with Crippen molar-refractivity contribution in [3.05, 3.63) is 27.2 Å². The highest BCUT2D eigenvalue weighted by molar-refractivity contribution is 7.89. The summed E-state index contributed by atoms with van der Waals surface area (Å²) < 4.78 is 27.4. The lowest BCUT2D eigenvalue weighted by atomic mass is 9.87.